The van der Waals surface area contributed by atoms with E-state index in [9.17, 15) is 4.79 Å². The topological polar surface area (TPSA) is 51.2 Å². The van der Waals surface area contributed by atoms with Crippen LogP contribution in [0.1, 0.15) is 51.0 Å². The van der Waals surface area contributed by atoms with Crippen molar-refractivity contribution in [1.82, 2.24) is 4.90 Å². The largest absolute Gasteiger partial charge is 0.493 e. The zero-order valence-corrected chi connectivity index (χ0v) is 21.3. The van der Waals surface area contributed by atoms with Crippen molar-refractivity contribution in [3.63, 3.8) is 0 Å². The predicted molar refractivity (Wildman–Crippen MR) is 139 cm³/mol. The van der Waals surface area contributed by atoms with Crippen molar-refractivity contribution in [2.24, 2.45) is 0 Å². The third-order valence-electron chi connectivity index (χ3n) is 7.16. The average molecular weight is 481 g/mol. The first-order chi connectivity index (χ1) is 17.2. The molecule has 35 heavy (non-hydrogen) atoms. The van der Waals surface area contributed by atoms with Crippen LogP contribution in [0.15, 0.2) is 48.5 Å². The summed E-state index contributed by atoms with van der Waals surface area (Å²) in [6.07, 6.45) is 7.31. The van der Waals surface area contributed by atoms with E-state index in [-0.39, 0.29) is 5.97 Å². The van der Waals surface area contributed by atoms with Crippen molar-refractivity contribution in [3.05, 3.63) is 54.1 Å². The monoisotopic (exact) mass is 480 g/mol. The molecule has 190 valence electrons. The number of anilines is 1. The summed E-state index contributed by atoms with van der Waals surface area (Å²) in [6.45, 7) is 6.05. The van der Waals surface area contributed by atoms with Crippen LogP contribution in [-0.2, 0) is 16.0 Å². The molecule has 0 bridgehead atoms. The standard InChI is InChI=1S/C29H40N2O4/c1-3-34-29(32)14-9-17-30-18-19-31(22-25(30)20-23-10-5-4-6-11-23)24-15-16-27(33-2)28(21-24)35-26-12-7-8-13-26/h4-6,10-11,15-16,21,25-26H,3,7-9,12-14,17-20,22H2,1-2H3/t25-/m0/s1. The van der Waals surface area contributed by atoms with Crippen molar-refractivity contribution in [3.8, 4) is 11.5 Å². The summed E-state index contributed by atoms with van der Waals surface area (Å²) in [5.74, 6) is 1.56. The Morgan fingerprint density at radius 1 is 1.03 bits per heavy atom. The van der Waals surface area contributed by atoms with Crippen molar-refractivity contribution in [2.45, 2.75) is 64.0 Å². The van der Waals surface area contributed by atoms with E-state index in [1.807, 2.05) is 13.0 Å². The van der Waals surface area contributed by atoms with E-state index in [1.165, 1.54) is 24.1 Å². The van der Waals surface area contributed by atoms with Crippen LogP contribution in [0.5, 0.6) is 11.5 Å². The van der Waals surface area contributed by atoms with Gasteiger partial charge in [-0.2, -0.15) is 0 Å². The fourth-order valence-electron chi connectivity index (χ4n) is 5.30. The summed E-state index contributed by atoms with van der Waals surface area (Å²) < 4.78 is 17.1. The van der Waals surface area contributed by atoms with Gasteiger partial charge in [-0.05, 0) is 69.7 Å². The molecule has 1 saturated heterocycles. The Morgan fingerprint density at radius 3 is 2.57 bits per heavy atom. The Kier molecular flexibility index (Phi) is 9.29. The van der Waals surface area contributed by atoms with Gasteiger partial charge < -0.3 is 19.1 Å². The van der Waals surface area contributed by atoms with Crippen LogP contribution < -0.4 is 14.4 Å². The molecular weight excluding hydrogens is 440 g/mol. The first kappa shape index (κ1) is 25.4. The van der Waals surface area contributed by atoms with Crippen molar-refractivity contribution in [2.75, 3.05) is 44.8 Å². The SMILES string of the molecule is CCOC(=O)CCCN1CCN(c2ccc(OC)c(OC3CCCC3)c2)C[C@@H]1Cc1ccccc1. The number of rotatable bonds is 11. The third kappa shape index (κ3) is 7.14. The summed E-state index contributed by atoms with van der Waals surface area (Å²) in [7, 11) is 1.71. The lowest BCUT2D eigenvalue weighted by Gasteiger charge is -2.43. The van der Waals surface area contributed by atoms with E-state index >= 15 is 0 Å². The molecule has 1 heterocycles. The lowest BCUT2D eigenvalue weighted by molar-refractivity contribution is -0.143. The molecule has 0 unspecified atom stereocenters. The molecule has 0 aromatic heterocycles. The fraction of sp³-hybridized carbons (Fsp3) is 0.552. The van der Waals surface area contributed by atoms with Gasteiger partial charge in [0.15, 0.2) is 11.5 Å². The Hall–Kier alpha value is -2.73. The Morgan fingerprint density at radius 2 is 1.83 bits per heavy atom. The number of methoxy groups -OCH3 is 1. The highest BCUT2D eigenvalue weighted by molar-refractivity contribution is 5.69. The molecule has 0 amide bonds. The van der Waals surface area contributed by atoms with Crippen molar-refractivity contribution in [1.29, 1.82) is 0 Å². The van der Waals surface area contributed by atoms with E-state index in [1.54, 1.807) is 7.11 Å². The van der Waals surface area contributed by atoms with Gasteiger partial charge in [0.2, 0.25) is 0 Å². The summed E-state index contributed by atoms with van der Waals surface area (Å²) in [5, 5.41) is 0. The minimum atomic E-state index is -0.0984. The van der Waals surface area contributed by atoms with Crippen molar-refractivity contribution >= 4 is 11.7 Å². The lowest BCUT2D eigenvalue weighted by Crippen LogP contribution is -2.54. The number of ether oxygens (including phenoxy) is 3. The van der Waals surface area contributed by atoms with Gasteiger partial charge in [0.25, 0.3) is 0 Å². The number of hydrogen-bond donors (Lipinski definition) is 0. The minimum absolute atomic E-state index is 0.0984. The van der Waals surface area contributed by atoms with Gasteiger partial charge in [-0.1, -0.05) is 30.3 Å². The molecule has 1 atom stereocenters. The Labute approximate surface area is 210 Å². The number of carbonyl (C=O) groups excluding carboxylic acids is 1. The van der Waals surface area contributed by atoms with E-state index in [2.05, 4.69) is 52.3 Å². The molecule has 1 aliphatic carbocycles. The maximum atomic E-state index is 11.8. The second kappa shape index (κ2) is 12.8. The smallest absolute Gasteiger partial charge is 0.305 e. The number of benzene rings is 2. The molecule has 6 heteroatoms. The fourth-order valence-corrected chi connectivity index (χ4v) is 5.30. The van der Waals surface area contributed by atoms with Crippen LogP contribution in [0.2, 0.25) is 0 Å². The minimum Gasteiger partial charge on any atom is -0.493 e. The molecule has 0 radical (unpaired) electrons. The number of hydrogen-bond acceptors (Lipinski definition) is 6. The van der Waals surface area contributed by atoms with Crippen molar-refractivity contribution < 1.29 is 19.0 Å². The third-order valence-corrected chi connectivity index (χ3v) is 7.16. The highest BCUT2D eigenvalue weighted by Crippen LogP contribution is 2.35. The number of carbonyl (C=O) groups is 1. The van der Waals surface area contributed by atoms with Gasteiger partial charge in [0.1, 0.15) is 0 Å². The van der Waals surface area contributed by atoms with Crippen LogP contribution in [0, 0.1) is 0 Å². The van der Waals surface area contributed by atoms with Crippen LogP contribution in [0.3, 0.4) is 0 Å². The van der Waals surface area contributed by atoms with Gasteiger partial charge in [0, 0.05) is 43.9 Å². The van der Waals surface area contributed by atoms with E-state index in [0.717, 1.165) is 63.4 Å². The zero-order valence-electron chi connectivity index (χ0n) is 21.3. The van der Waals surface area contributed by atoms with Gasteiger partial charge in [0.05, 0.1) is 19.8 Å². The first-order valence-corrected chi connectivity index (χ1v) is 13.2. The van der Waals surface area contributed by atoms with Crippen LogP contribution in [-0.4, -0.2) is 62.9 Å². The average Bonchev–Trinajstić information content (AvgIpc) is 3.39. The van der Waals surface area contributed by atoms with Crippen LogP contribution >= 0.6 is 0 Å². The number of esters is 1. The Bertz CT molecular complexity index is 930. The van der Waals surface area contributed by atoms with E-state index < -0.39 is 0 Å². The molecule has 0 N–H and O–H groups in total. The highest BCUT2D eigenvalue weighted by Gasteiger charge is 2.28. The zero-order chi connectivity index (χ0) is 24.5. The molecule has 2 aromatic rings. The van der Waals surface area contributed by atoms with Gasteiger partial charge in [-0.15, -0.1) is 0 Å². The molecular formula is C29H40N2O4. The molecule has 6 nitrogen and oxygen atoms in total. The summed E-state index contributed by atoms with van der Waals surface area (Å²) >= 11 is 0. The number of nitrogens with zero attached hydrogens (tertiary/aromatic N) is 2. The second-order valence-corrected chi connectivity index (χ2v) is 9.59. The Balaban J connectivity index is 1.45. The molecule has 0 spiro atoms. The normalized spacial score (nSPS) is 19.0. The molecule has 2 fully saturated rings. The first-order valence-electron chi connectivity index (χ1n) is 13.2. The number of piperazine rings is 1. The molecule has 4 rings (SSSR count). The van der Waals surface area contributed by atoms with Crippen LogP contribution in [0.4, 0.5) is 5.69 Å². The van der Waals surface area contributed by atoms with Gasteiger partial charge in [-0.25, -0.2) is 0 Å². The van der Waals surface area contributed by atoms with E-state index in [0.29, 0.717) is 25.2 Å². The molecule has 2 aliphatic rings. The summed E-state index contributed by atoms with van der Waals surface area (Å²) in [4.78, 5) is 16.8. The van der Waals surface area contributed by atoms with Gasteiger partial charge in [-0.3, -0.25) is 9.69 Å². The molecule has 2 aromatic carbocycles. The predicted octanol–water partition coefficient (Wildman–Crippen LogP) is 5.09. The summed E-state index contributed by atoms with van der Waals surface area (Å²) in [5.41, 5.74) is 2.53. The molecule has 1 aliphatic heterocycles. The maximum absolute atomic E-state index is 11.8. The summed E-state index contributed by atoms with van der Waals surface area (Å²) in [6, 6.07) is 17.4. The van der Waals surface area contributed by atoms with Gasteiger partial charge >= 0.3 is 5.97 Å². The quantitative estimate of drug-likeness (QED) is 0.418. The maximum Gasteiger partial charge on any atom is 0.305 e. The second-order valence-electron chi connectivity index (χ2n) is 9.59. The lowest BCUT2D eigenvalue weighted by atomic mass is 10.0. The molecule has 1 saturated carbocycles. The highest BCUT2D eigenvalue weighted by atomic mass is 16.5. The van der Waals surface area contributed by atoms with Crippen LogP contribution in [0.25, 0.3) is 0 Å². The van der Waals surface area contributed by atoms with E-state index in [4.69, 9.17) is 14.2 Å².